The number of nitrogens with one attached hydrogen (secondary N) is 1. The number of hydrogen-bond acceptors (Lipinski definition) is 4. The van der Waals surface area contributed by atoms with Crippen LogP contribution in [0.4, 0.5) is 0 Å². The van der Waals surface area contributed by atoms with Crippen LogP contribution in [0.5, 0.6) is 0 Å². The third kappa shape index (κ3) is 3.32. The van der Waals surface area contributed by atoms with Crippen molar-refractivity contribution in [3.05, 3.63) is 70.8 Å². The van der Waals surface area contributed by atoms with E-state index in [9.17, 15) is 4.79 Å². The molecule has 3 aromatic rings. The van der Waals surface area contributed by atoms with Gasteiger partial charge in [0.05, 0.1) is 11.4 Å². The number of rotatable bonds is 4. The lowest BCUT2D eigenvalue weighted by Gasteiger charge is -2.07. The zero-order valence-electron chi connectivity index (χ0n) is 13.9. The molecular formula is C18H19N5O. The van der Waals surface area contributed by atoms with Gasteiger partial charge in [-0.05, 0) is 55.7 Å². The first-order valence-electron chi connectivity index (χ1n) is 7.72. The van der Waals surface area contributed by atoms with E-state index in [1.807, 2.05) is 45.0 Å². The van der Waals surface area contributed by atoms with Crippen molar-refractivity contribution in [3.63, 3.8) is 0 Å². The lowest BCUT2D eigenvalue weighted by Crippen LogP contribution is -2.24. The molecule has 0 radical (unpaired) electrons. The predicted molar refractivity (Wildman–Crippen MR) is 91.0 cm³/mol. The summed E-state index contributed by atoms with van der Waals surface area (Å²) < 4.78 is 1.69. The lowest BCUT2D eigenvalue weighted by atomic mass is 10.1. The molecule has 122 valence electrons. The number of nitrogens with zero attached hydrogens (tertiary/aromatic N) is 4. The first-order chi connectivity index (χ1) is 11.5. The lowest BCUT2D eigenvalue weighted by molar-refractivity contribution is 0.0945. The Labute approximate surface area is 140 Å². The Morgan fingerprint density at radius 2 is 1.92 bits per heavy atom. The molecule has 1 amide bonds. The maximum Gasteiger partial charge on any atom is 0.274 e. The molecule has 24 heavy (non-hydrogen) atoms. The smallest absolute Gasteiger partial charge is 0.274 e. The highest BCUT2D eigenvalue weighted by Gasteiger charge is 2.17. The minimum Gasteiger partial charge on any atom is -0.346 e. The zero-order valence-corrected chi connectivity index (χ0v) is 13.9. The van der Waals surface area contributed by atoms with E-state index in [4.69, 9.17) is 0 Å². The molecule has 6 heteroatoms. The third-order valence-corrected chi connectivity index (χ3v) is 3.74. The molecule has 0 bridgehead atoms. The van der Waals surface area contributed by atoms with Crippen LogP contribution in [0.1, 0.15) is 32.9 Å². The molecule has 0 unspecified atom stereocenters. The van der Waals surface area contributed by atoms with E-state index in [2.05, 4.69) is 26.7 Å². The van der Waals surface area contributed by atoms with Gasteiger partial charge < -0.3 is 5.32 Å². The summed E-state index contributed by atoms with van der Waals surface area (Å²) in [6.07, 6.45) is 3.42. The highest BCUT2D eigenvalue weighted by Crippen LogP contribution is 2.16. The molecule has 0 aliphatic carbocycles. The number of carbonyl (C=O) groups excluding carboxylic acids is 1. The van der Waals surface area contributed by atoms with Gasteiger partial charge in [0.25, 0.3) is 5.91 Å². The molecule has 0 spiro atoms. The van der Waals surface area contributed by atoms with Crippen molar-refractivity contribution in [2.24, 2.45) is 0 Å². The quantitative estimate of drug-likeness (QED) is 0.801. The molecule has 0 atom stereocenters. The fraction of sp³-hybridized carbons (Fsp3) is 0.222. The minimum absolute atomic E-state index is 0.244. The van der Waals surface area contributed by atoms with Crippen molar-refractivity contribution in [3.8, 4) is 5.69 Å². The van der Waals surface area contributed by atoms with Gasteiger partial charge in [0.1, 0.15) is 0 Å². The fourth-order valence-corrected chi connectivity index (χ4v) is 2.63. The number of pyridine rings is 1. The summed E-state index contributed by atoms with van der Waals surface area (Å²) >= 11 is 0. The van der Waals surface area contributed by atoms with Crippen LogP contribution >= 0.6 is 0 Å². The summed E-state index contributed by atoms with van der Waals surface area (Å²) in [6, 6.07) is 9.88. The van der Waals surface area contributed by atoms with Crippen LogP contribution in [-0.2, 0) is 6.54 Å². The largest absolute Gasteiger partial charge is 0.346 e. The van der Waals surface area contributed by atoms with Crippen LogP contribution in [0.3, 0.4) is 0 Å². The Morgan fingerprint density at radius 3 is 2.58 bits per heavy atom. The number of aromatic nitrogens is 4. The molecule has 1 aromatic carbocycles. The van der Waals surface area contributed by atoms with Gasteiger partial charge in [-0.15, -0.1) is 5.10 Å². The monoisotopic (exact) mass is 321 g/mol. The van der Waals surface area contributed by atoms with Crippen molar-refractivity contribution < 1.29 is 4.79 Å². The van der Waals surface area contributed by atoms with Gasteiger partial charge in [-0.1, -0.05) is 17.3 Å². The fourth-order valence-electron chi connectivity index (χ4n) is 2.63. The number of carbonyl (C=O) groups is 1. The normalized spacial score (nSPS) is 10.6. The van der Waals surface area contributed by atoms with E-state index >= 15 is 0 Å². The first kappa shape index (κ1) is 15.9. The van der Waals surface area contributed by atoms with Gasteiger partial charge in [-0.2, -0.15) is 0 Å². The summed E-state index contributed by atoms with van der Waals surface area (Å²) in [4.78, 5) is 16.4. The molecule has 1 N–H and O–H groups in total. The van der Waals surface area contributed by atoms with Crippen molar-refractivity contribution in [1.82, 2.24) is 25.3 Å². The maximum absolute atomic E-state index is 12.4. The molecule has 0 saturated heterocycles. The second kappa shape index (κ2) is 6.62. The van der Waals surface area contributed by atoms with Crippen LogP contribution in [-0.4, -0.2) is 25.9 Å². The van der Waals surface area contributed by atoms with Crippen molar-refractivity contribution >= 4 is 5.91 Å². The van der Waals surface area contributed by atoms with E-state index < -0.39 is 0 Å². The summed E-state index contributed by atoms with van der Waals surface area (Å²) in [5.74, 6) is -0.244. The average molecular weight is 321 g/mol. The molecule has 6 nitrogen and oxygen atoms in total. The van der Waals surface area contributed by atoms with Gasteiger partial charge in [0, 0.05) is 18.9 Å². The van der Waals surface area contributed by atoms with E-state index in [0.717, 1.165) is 22.4 Å². The average Bonchev–Trinajstić information content (AvgIpc) is 2.94. The highest BCUT2D eigenvalue weighted by atomic mass is 16.2. The van der Waals surface area contributed by atoms with E-state index in [1.54, 1.807) is 17.1 Å². The van der Waals surface area contributed by atoms with Crippen LogP contribution in [0.2, 0.25) is 0 Å². The Bertz CT molecular complexity index is 850. The van der Waals surface area contributed by atoms with Crippen LogP contribution in [0, 0.1) is 20.8 Å². The van der Waals surface area contributed by atoms with E-state index in [-0.39, 0.29) is 5.91 Å². The van der Waals surface area contributed by atoms with Crippen LogP contribution in [0.25, 0.3) is 5.69 Å². The number of amides is 1. The summed E-state index contributed by atoms with van der Waals surface area (Å²) in [7, 11) is 0. The number of hydrogen-bond donors (Lipinski definition) is 1. The van der Waals surface area contributed by atoms with Gasteiger partial charge in [-0.3, -0.25) is 9.78 Å². The van der Waals surface area contributed by atoms with Crippen molar-refractivity contribution in [1.29, 1.82) is 0 Å². The Balaban J connectivity index is 1.80. The van der Waals surface area contributed by atoms with Crippen molar-refractivity contribution in [2.75, 3.05) is 0 Å². The molecule has 0 saturated carbocycles. The van der Waals surface area contributed by atoms with Gasteiger partial charge in [-0.25, -0.2) is 4.68 Å². The van der Waals surface area contributed by atoms with E-state index in [1.165, 1.54) is 0 Å². The summed E-state index contributed by atoms with van der Waals surface area (Å²) in [6.45, 7) is 6.31. The molecule has 2 heterocycles. The van der Waals surface area contributed by atoms with Gasteiger partial charge in [0.2, 0.25) is 0 Å². The standard InChI is InChI=1S/C18H19N5O/c1-12-7-13(2)9-16(8-12)23-14(3)17(21-22-23)18(24)20-11-15-5-4-6-19-10-15/h4-10H,11H2,1-3H3,(H,20,24). The third-order valence-electron chi connectivity index (χ3n) is 3.74. The second-order valence-electron chi connectivity index (χ2n) is 5.83. The molecule has 0 fully saturated rings. The maximum atomic E-state index is 12.4. The van der Waals surface area contributed by atoms with Crippen LogP contribution < -0.4 is 5.32 Å². The summed E-state index contributed by atoms with van der Waals surface area (Å²) in [5, 5.41) is 11.0. The van der Waals surface area contributed by atoms with E-state index in [0.29, 0.717) is 17.9 Å². The van der Waals surface area contributed by atoms with Crippen molar-refractivity contribution in [2.45, 2.75) is 27.3 Å². The summed E-state index contributed by atoms with van der Waals surface area (Å²) in [5.41, 5.74) is 5.17. The molecule has 2 aromatic heterocycles. The molecule has 0 aliphatic heterocycles. The number of aryl methyl sites for hydroxylation is 2. The Kier molecular flexibility index (Phi) is 4.37. The highest BCUT2D eigenvalue weighted by molar-refractivity contribution is 5.93. The van der Waals surface area contributed by atoms with Crippen LogP contribution in [0.15, 0.2) is 42.7 Å². The Morgan fingerprint density at radius 1 is 1.17 bits per heavy atom. The topological polar surface area (TPSA) is 72.7 Å². The molecular weight excluding hydrogens is 302 g/mol. The predicted octanol–water partition coefficient (Wildman–Crippen LogP) is 2.52. The van der Waals surface area contributed by atoms with Gasteiger partial charge in [0.15, 0.2) is 5.69 Å². The number of benzene rings is 1. The SMILES string of the molecule is Cc1cc(C)cc(-n2nnc(C(=O)NCc3cccnc3)c2C)c1. The van der Waals surface area contributed by atoms with Gasteiger partial charge >= 0.3 is 0 Å². The minimum atomic E-state index is -0.244. The zero-order chi connectivity index (χ0) is 17.1. The first-order valence-corrected chi connectivity index (χ1v) is 7.72. The Hall–Kier alpha value is -3.02. The second-order valence-corrected chi connectivity index (χ2v) is 5.83. The molecule has 3 rings (SSSR count). The molecule has 0 aliphatic rings.